The van der Waals surface area contributed by atoms with E-state index in [-0.39, 0.29) is 44.1 Å². The number of hydrogen-bond acceptors (Lipinski definition) is 11. The molecule has 0 saturated carbocycles. The minimum absolute atomic E-state index is 0.0500. The van der Waals surface area contributed by atoms with Crippen molar-refractivity contribution in [3.63, 3.8) is 0 Å². The van der Waals surface area contributed by atoms with E-state index in [1.54, 1.807) is 55.1 Å². The van der Waals surface area contributed by atoms with Gasteiger partial charge in [0.15, 0.2) is 0 Å². The molecule has 1 fully saturated rings. The van der Waals surface area contributed by atoms with Crippen LogP contribution in [0, 0.1) is 0 Å². The van der Waals surface area contributed by atoms with Gasteiger partial charge in [0.1, 0.15) is 0 Å². The molecule has 1 aliphatic rings. The Labute approximate surface area is 226 Å². The van der Waals surface area contributed by atoms with Crippen LogP contribution in [-0.2, 0) is 23.4 Å². The number of fused-ring (bicyclic) bond motifs is 1. The third kappa shape index (κ3) is 6.35. The minimum atomic E-state index is -4.12. The van der Waals surface area contributed by atoms with Crippen molar-refractivity contribution in [2.24, 2.45) is 0 Å². The summed E-state index contributed by atoms with van der Waals surface area (Å²) in [6, 6.07) is 7.43. The molecule has 2 aromatic heterocycles. The van der Waals surface area contributed by atoms with Gasteiger partial charge in [-0.3, -0.25) is 0 Å². The Kier molecular flexibility index (Phi) is 9.04. The van der Waals surface area contributed by atoms with E-state index in [9.17, 15) is 14.5 Å². The van der Waals surface area contributed by atoms with E-state index in [4.69, 9.17) is 24.3 Å². The molecule has 6 atom stereocenters. The number of nitrogen functional groups attached to an aromatic ring is 1. The number of nitrogens with two attached hydrogens (primary N) is 1. The number of aliphatic hydroxyl groups excluding tert-OH is 1. The molecular formula is C23H31N6O7PSe. The van der Waals surface area contributed by atoms with Gasteiger partial charge in [0.2, 0.25) is 0 Å². The second kappa shape index (κ2) is 12.1. The molecule has 1 saturated heterocycles. The summed E-state index contributed by atoms with van der Waals surface area (Å²) < 4.78 is 38.3. The fourth-order valence-electron chi connectivity index (χ4n) is 3.90. The van der Waals surface area contributed by atoms with Crippen molar-refractivity contribution in [1.82, 2.24) is 24.6 Å². The average Bonchev–Trinajstić information content (AvgIpc) is 3.44. The second-order valence-electron chi connectivity index (χ2n) is 8.87. The zero-order chi connectivity index (χ0) is 27.4. The summed E-state index contributed by atoms with van der Waals surface area (Å²) in [5, 5.41) is 13.7. The van der Waals surface area contributed by atoms with E-state index in [0.29, 0.717) is 11.2 Å². The maximum atomic E-state index is 13.8. The number of carbonyl (C=O) groups is 1. The van der Waals surface area contributed by atoms with Crippen molar-refractivity contribution >= 4 is 45.7 Å². The van der Waals surface area contributed by atoms with Crippen LogP contribution < -0.4 is 15.3 Å². The molecule has 0 spiro atoms. The van der Waals surface area contributed by atoms with Gasteiger partial charge in [-0.2, -0.15) is 0 Å². The van der Waals surface area contributed by atoms with Gasteiger partial charge in [-0.05, 0) is 0 Å². The number of ether oxygens (including phenoxy) is 2. The first kappa shape index (κ1) is 28.4. The van der Waals surface area contributed by atoms with Crippen LogP contribution in [-0.4, -0.2) is 76.5 Å². The number of carbonyl (C=O) groups excluding carboxylic acids is 1. The molecule has 13 nitrogen and oxygen atoms in total. The molecule has 3 heterocycles. The summed E-state index contributed by atoms with van der Waals surface area (Å²) in [6.07, 6.45) is 0.134. The third-order valence-electron chi connectivity index (χ3n) is 5.68. The van der Waals surface area contributed by atoms with Crippen LogP contribution in [0.15, 0.2) is 43.0 Å². The van der Waals surface area contributed by atoms with Crippen molar-refractivity contribution in [3.8, 4) is 5.75 Å². The summed E-state index contributed by atoms with van der Waals surface area (Å²) in [6.45, 7) is 4.65. The SMILES string of the molecule is C[Se][C@H]1[C@H](O)[C@@H](CO[P@@](=O)(N[C@@H](C)C(=O)OC(C)C)Oc2ccccc2)O[C@H]1n1cnc2c(N)ncnc21. The van der Waals surface area contributed by atoms with Gasteiger partial charge in [-0.15, -0.1) is 0 Å². The normalized spacial score (nSPS) is 23.8. The molecule has 206 valence electrons. The van der Waals surface area contributed by atoms with E-state index < -0.39 is 38.2 Å². The predicted molar refractivity (Wildman–Crippen MR) is 139 cm³/mol. The molecular weight excluding hydrogens is 582 g/mol. The fourth-order valence-corrected chi connectivity index (χ4v) is 7.25. The molecule has 0 unspecified atom stereocenters. The molecule has 0 amide bonds. The van der Waals surface area contributed by atoms with Crippen molar-refractivity contribution in [3.05, 3.63) is 43.0 Å². The third-order valence-corrected chi connectivity index (χ3v) is 9.54. The Hall–Kier alpha value is -2.57. The molecule has 0 bridgehead atoms. The number of hydrogen-bond donors (Lipinski definition) is 3. The Balaban J connectivity index is 1.52. The van der Waals surface area contributed by atoms with Crippen LogP contribution in [0.2, 0.25) is 10.6 Å². The van der Waals surface area contributed by atoms with Crippen LogP contribution in [0.4, 0.5) is 5.82 Å². The van der Waals surface area contributed by atoms with Crippen LogP contribution in [0.3, 0.4) is 0 Å². The monoisotopic (exact) mass is 614 g/mol. The van der Waals surface area contributed by atoms with Gasteiger partial charge < -0.3 is 0 Å². The van der Waals surface area contributed by atoms with Gasteiger partial charge >= 0.3 is 226 Å². The number of esters is 1. The number of para-hydroxylation sites is 1. The molecule has 0 aliphatic carbocycles. The first-order valence-corrected chi connectivity index (χ1v) is 16.1. The number of imidazole rings is 1. The molecule has 1 aliphatic heterocycles. The van der Waals surface area contributed by atoms with E-state index >= 15 is 0 Å². The van der Waals surface area contributed by atoms with Gasteiger partial charge in [0, 0.05) is 0 Å². The van der Waals surface area contributed by atoms with Crippen molar-refractivity contribution in [2.75, 3.05) is 12.3 Å². The van der Waals surface area contributed by atoms with Crippen molar-refractivity contribution < 1.29 is 33.0 Å². The molecule has 0 radical (unpaired) electrons. The van der Waals surface area contributed by atoms with Gasteiger partial charge in [0.25, 0.3) is 0 Å². The topological polar surface area (TPSA) is 173 Å². The molecule has 3 aromatic rings. The Bertz CT molecular complexity index is 1300. The zero-order valence-electron chi connectivity index (χ0n) is 21.3. The predicted octanol–water partition coefficient (Wildman–Crippen LogP) is 2.34. The van der Waals surface area contributed by atoms with Gasteiger partial charge in [-0.1, -0.05) is 0 Å². The number of rotatable bonds is 11. The molecule has 1 aromatic carbocycles. The summed E-state index contributed by atoms with van der Waals surface area (Å²) in [4.78, 5) is 24.6. The summed E-state index contributed by atoms with van der Waals surface area (Å²) in [5.41, 5.74) is 6.82. The first-order valence-electron chi connectivity index (χ1n) is 11.9. The van der Waals surface area contributed by atoms with E-state index in [2.05, 4.69) is 20.0 Å². The Morgan fingerprint density at radius 2 is 2.00 bits per heavy atom. The Morgan fingerprint density at radius 1 is 1.26 bits per heavy atom. The summed E-state index contributed by atoms with van der Waals surface area (Å²) in [5.74, 6) is 1.88. The van der Waals surface area contributed by atoms with Gasteiger partial charge in [0.05, 0.1) is 0 Å². The molecule has 15 heteroatoms. The summed E-state index contributed by atoms with van der Waals surface area (Å²) >= 11 is -0.0500. The summed E-state index contributed by atoms with van der Waals surface area (Å²) in [7, 11) is -4.12. The fraction of sp³-hybridized carbons (Fsp3) is 0.478. The van der Waals surface area contributed by atoms with Crippen LogP contribution in [0.25, 0.3) is 11.2 Å². The van der Waals surface area contributed by atoms with Gasteiger partial charge in [-0.25, -0.2) is 0 Å². The quantitative estimate of drug-likeness (QED) is 0.164. The van der Waals surface area contributed by atoms with Crippen LogP contribution >= 0.6 is 7.75 Å². The molecule has 4 N–H and O–H groups in total. The van der Waals surface area contributed by atoms with Crippen molar-refractivity contribution in [2.45, 2.75) is 62.0 Å². The maximum absolute atomic E-state index is 13.8. The second-order valence-corrected chi connectivity index (χ2v) is 12.7. The van der Waals surface area contributed by atoms with Crippen LogP contribution in [0.1, 0.15) is 27.0 Å². The number of anilines is 1. The number of aromatic nitrogens is 4. The Morgan fingerprint density at radius 3 is 2.68 bits per heavy atom. The average molecular weight is 613 g/mol. The molecule has 38 heavy (non-hydrogen) atoms. The zero-order valence-corrected chi connectivity index (χ0v) is 23.9. The van der Waals surface area contributed by atoms with E-state index in [1.807, 2.05) is 5.82 Å². The number of nitrogens with zero attached hydrogens (tertiary/aromatic N) is 4. The standard InChI is InChI=1S/C23H31N6O7PSe/c1-13(2)34-23(31)14(3)28-37(32,36-15-8-6-5-7-9-15)33-10-16-18(30)19(38-4)22(35-16)29-12-27-17-20(24)25-11-26-21(17)29/h5-9,11-14,16,18-19,22,30H,10H2,1-4H3,(H,28,32)(H2,24,25,26)/t14-,16+,18+,19-,22+,37-/m0/s1. The number of benzene rings is 1. The van der Waals surface area contributed by atoms with Crippen LogP contribution in [0.5, 0.6) is 5.75 Å². The van der Waals surface area contributed by atoms with E-state index in [0.717, 1.165) is 0 Å². The first-order chi connectivity index (χ1) is 18.1. The van der Waals surface area contributed by atoms with Crippen molar-refractivity contribution in [1.29, 1.82) is 0 Å². The molecule has 4 rings (SSSR count). The van der Waals surface area contributed by atoms with E-state index in [1.165, 1.54) is 13.3 Å². The number of aliphatic hydroxyl groups is 1. The number of nitrogens with one attached hydrogen (secondary N) is 1.